The topological polar surface area (TPSA) is 126 Å². The Labute approximate surface area is 199 Å². The molecule has 1 saturated heterocycles. The van der Waals surface area contributed by atoms with E-state index >= 15 is 0 Å². The van der Waals surface area contributed by atoms with Crippen LogP contribution in [0.15, 0.2) is 24.3 Å². The van der Waals surface area contributed by atoms with E-state index in [4.69, 9.17) is 9.47 Å². The average Bonchev–Trinajstić information content (AvgIpc) is 3.51. The SMILES string of the molecule is CCC[C@H](NC(=O)[C@@H]1CC(Oc2cc(C)nc3cc(OC)ccc23)C[NH2+]1)C(O)C(=O)NC1CC1. The number of carbonyl (C=O) groups excluding carboxylic acids is 2. The minimum atomic E-state index is -1.25. The number of aliphatic hydroxyl groups excluding tert-OH is 1. The summed E-state index contributed by atoms with van der Waals surface area (Å²) in [5, 5.41) is 19.1. The monoisotopic (exact) mass is 471 g/mol. The molecule has 1 aliphatic heterocycles. The summed E-state index contributed by atoms with van der Waals surface area (Å²) in [6.07, 6.45) is 2.31. The molecular formula is C25H35N4O5+. The first-order chi connectivity index (χ1) is 16.4. The second kappa shape index (κ2) is 10.6. The van der Waals surface area contributed by atoms with Gasteiger partial charge in [0.05, 0.1) is 25.1 Å². The molecule has 184 valence electrons. The van der Waals surface area contributed by atoms with Crippen LogP contribution in [0.25, 0.3) is 10.9 Å². The standard InChI is InChI=1S/C25H34N4O5/c1-4-5-19(23(30)25(32)28-15-6-7-15)29-24(31)21-12-17(13-26-21)34-22-10-14(2)27-20-11-16(33-3)8-9-18(20)22/h8-11,15,17,19,21,23,26,30H,4-7,12-13H2,1-3H3,(H,28,32)(H,29,31)/p+1/t17?,19-,21-,23?/m0/s1. The fourth-order valence-electron chi connectivity index (χ4n) is 4.41. The molecule has 1 aromatic carbocycles. The van der Waals surface area contributed by atoms with Gasteiger partial charge in [-0.2, -0.15) is 0 Å². The van der Waals surface area contributed by atoms with Gasteiger partial charge >= 0.3 is 0 Å². The molecule has 2 amide bonds. The first kappa shape index (κ1) is 24.2. The molecule has 2 heterocycles. The second-order valence-electron chi connectivity index (χ2n) is 9.33. The van der Waals surface area contributed by atoms with Crippen LogP contribution in [-0.2, 0) is 9.59 Å². The summed E-state index contributed by atoms with van der Waals surface area (Å²) >= 11 is 0. The molecule has 5 N–H and O–H groups in total. The van der Waals surface area contributed by atoms with E-state index in [1.165, 1.54) is 0 Å². The summed E-state index contributed by atoms with van der Waals surface area (Å²) in [4.78, 5) is 29.8. The number of rotatable bonds is 10. The van der Waals surface area contributed by atoms with E-state index in [0.717, 1.165) is 47.4 Å². The fraction of sp³-hybridized carbons (Fsp3) is 0.560. The molecular weight excluding hydrogens is 436 g/mol. The smallest absolute Gasteiger partial charge is 0.278 e. The van der Waals surface area contributed by atoms with Gasteiger partial charge in [-0.25, -0.2) is 0 Å². The third-order valence-electron chi connectivity index (χ3n) is 6.44. The van der Waals surface area contributed by atoms with Crippen molar-refractivity contribution in [1.29, 1.82) is 0 Å². The second-order valence-corrected chi connectivity index (χ2v) is 9.33. The zero-order valence-electron chi connectivity index (χ0n) is 20.0. The molecule has 1 saturated carbocycles. The highest BCUT2D eigenvalue weighted by atomic mass is 16.5. The van der Waals surface area contributed by atoms with E-state index in [-0.39, 0.29) is 24.1 Å². The van der Waals surface area contributed by atoms with Crippen molar-refractivity contribution < 1.29 is 29.5 Å². The maximum atomic E-state index is 13.0. The number of aliphatic hydroxyl groups is 1. The van der Waals surface area contributed by atoms with Crippen molar-refractivity contribution in [3.05, 3.63) is 30.0 Å². The molecule has 0 radical (unpaired) electrons. The molecule has 2 aromatic rings. The van der Waals surface area contributed by atoms with E-state index in [0.29, 0.717) is 19.4 Å². The highest BCUT2D eigenvalue weighted by Crippen LogP contribution is 2.30. The van der Waals surface area contributed by atoms with Crippen molar-refractivity contribution in [3.8, 4) is 11.5 Å². The van der Waals surface area contributed by atoms with Gasteiger partial charge in [0.25, 0.3) is 11.8 Å². The quantitative estimate of drug-likeness (QED) is 0.401. The van der Waals surface area contributed by atoms with Crippen molar-refractivity contribution in [2.45, 2.75) is 76.3 Å². The summed E-state index contributed by atoms with van der Waals surface area (Å²) in [6, 6.07) is 6.82. The number of hydrogen-bond acceptors (Lipinski definition) is 6. The fourth-order valence-corrected chi connectivity index (χ4v) is 4.41. The molecule has 0 spiro atoms. The minimum absolute atomic E-state index is 0.143. The van der Waals surface area contributed by atoms with E-state index in [9.17, 15) is 14.7 Å². The lowest BCUT2D eigenvalue weighted by Crippen LogP contribution is -2.90. The summed E-state index contributed by atoms with van der Waals surface area (Å²) < 4.78 is 11.6. The highest BCUT2D eigenvalue weighted by Gasteiger charge is 2.38. The van der Waals surface area contributed by atoms with Gasteiger partial charge in [0.15, 0.2) is 18.2 Å². The number of nitrogens with zero attached hydrogens (tertiary/aromatic N) is 1. The van der Waals surface area contributed by atoms with Crippen molar-refractivity contribution in [2.24, 2.45) is 0 Å². The van der Waals surface area contributed by atoms with Crippen LogP contribution in [0.1, 0.15) is 44.7 Å². The van der Waals surface area contributed by atoms with Crippen LogP contribution in [0.3, 0.4) is 0 Å². The van der Waals surface area contributed by atoms with Crippen molar-refractivity contribution in [3.63, 3.8) is 0 Å². The Morgan fingerprint density at radius 2 is 2.09 bits per heavy atom. The number of amides is 2. The third-order valence-corrected chi connectivity index (χ3v) is 6.44. The average molecular weight is 472 g/mol. The number of carbonyl (C=O) groups is 2. The van der Waals surface area contributed by atoms with Crippen LogP contribution in [-0.4, -0.2) is 65.9 Å². The Balaban J connectivity index is 1.38. The van der Waals surface area contributed by atoms with E-state index in [2.05, 4.69) is 15.6 Å². The van der Waals surface area contributed by atoms with Crippen LogP contribution in [0, 0.1) is 6.92 Å². The summed E-state index contributed by atoms with van der Waals surface area (Å²) in [5.74, 6) is 0.885. The van der Waals surface area contributed by atoms with Crippen LogP contribution >= 0.6 is 0 Å². The molecule has 2 unspecified atom stereocenters. The number of nitrogens with one attached hydrogen (secondary N) is 2. The molecule has 1 aliphatic carbocycles. The van der Waals surface area contributed by atoms with E-state index in [1.54, 1.807) is 7.11 Å². The lowest BCUT2D eigenvalue weighted by molar-refractivity contribution is -0.659. The number of aromatic nitrogens is 1. The van der Waals surface area contributed by atoms with E-state index < -0.39 is 18.1 Å². The Hall–Kier alpha value is -2.91. The molecule has 2 aliphatic rings. The minimum Gasteiger partial charge on any atom is -0.497 e. The maximum absolute atomic E-state index is 13.0. The first-order valence-corrected chi connectivity index (χ1v) is 12.1. The number of fused-ring (bicyclic) bond motifs is 1. The number of ether oxygens (including phenoxy) is 2. The zero-order valence-corrected chi connectivity index (χ0v) is 20.0. The number of pyridine rings is 1. The van der Waals surface area contributed by atoms with Gasteiger partial charge in [0.2, 0.25) is 0 Å². The van der Waals surface area contributed by atoms with Crippen LogP contribution in [0.2, 0.25) is 0 Å². The van der Waals surface area contributed by atoms with Gasteiger partial charge in [-0.05, 0) is 38.3 Å². The highest BCUT2D eigenvalue weighted by molar-refractivity contribution is 5.87. The Kier molecular flexibility index (Phi) is 7.53. The predicted octanol–water partition coefficient (Wildman–Crippen LogP) is 0.559. The Morgan fingerprint density at radius 3 is 2.79 bits per heavy atom. The zero-order chi connectivity index (χ0) is 24.2. The maximum Gasteiger partial charge on any atom is 0.278 e. The van der Waals surface area contributed by atoms with Gasteiger partial charge in [0.1, 0.15) is 18.0 Å². The largest absolute Gasteiger partial charge is 0.497 e. The molecule has 9 nitrogen and oxygen atoms in total. The lowest BCUT2D eigenvalue weighted by Gasteiger charge is -2.24. The molecule has 1 aromatic heterocycles. The van der Waals surface area contributed by atoms with Crippen LogP contribution < -0.4 is 25.4 Å². The van der Waals surface area contributed by atoms with Crippen LogP contribution in [0.4, 0.5) is 0 Å². The molecule has 4 rings (SSSR count). The summed E-state index contributed by atoms with van der Waals surface area (Å²) in [5.41, 5.74) is 1.64. The number of nitrogens with two attached hydrogens (primary N) is 1. The molecule has 2 fully saturated rings. The van der Waals surface area contributed by atoms with Gasteiger partial charge in [-0.3, -0.25) is 14.6 Å². The van der Waals surface area contributed by atoms with Crippen molar-refractivity contribution in [1.82, 2.24) is 15.6 Å². The normalized spacial score (nSPS) is 21.6. The van der Waals surface area contributed by atoms with Gasteiger partial charge in [0, 0.05) is 29.3 Å². The predicted molar refractivity (Wildman–Crippen MR) is 127 cm³/mol. The summed E-state index contributed by atoms with van der Waals surface area (Å²) in [6.45, 7) is 4.52. The molecule has 0 bridgehead atoms. The molecule has 4 atom stereocenters. The number of quaternary nitrogens is 1. The Bertz CT molecular complexity index is 1040. The molecule has 34 heavy (non-hydrogen) atoms. The lowest BCUT2D eigenvalue weighted by atomic mass is 10.0. The van der Waals surface area contributed by atoms with Crippen LogP contribution in [0.5, 0.6) is 11.5 Å². The van der Waals surface area contributed by atoms with Crippen molar-refractivity contribution in [2.75, 3.05) is 13.7 Å². The number of hydrogen-bond donors (Lipinski definition) is 4. The summed E-state index contributed by atoms with van der Waals surface area (Å²) in [7, 11) is 1.62. The number of methoxy groups -OCH3 is 1. The van der Waals surface area contributed by atoms with Gasteiger partial charge in [-0.15, -0.1) is 0 Å². The number of aryl methyl sites for hydroxylation is 1. The van der Waals surface area contributed by atoms with Gasteiger partial charge in [-0.1, -0.05) is 13.3 Å². The number of benzene rings is 1. The molecule has 9 heteroatoms. The first-order valence-electron chi connectivity index (χ1n) is 12.1. The van der Waals surface area contributed by atoms with E-state index in [1.807, 2.05) is 43.4 Å². The Morgan fingerprint density at radius 1 is 1.29 bits per heavy atom. The van der Waals surface area contributed by atoms with Crippen molar-refractivity contribution >= 4 is 22.7 Å². The van der Waals surface area contributed by atoms with Gasteiger partial charge < -0.3 is 30.5 Å². The third kappa shape index (κ3) is 5.77.